The van der Waals surface area contributed by atoms with Crippen LogP contribution in [0.2, 0.25) is 5.02 Å². The molecular formula is C14H13ClFN. The van der Waals surface area contributed by atoms with Crippen molar-refractivity contribution in [1.29, 1.82) is 0 Å². The Labute approximate surface area is 105 Å². The summed E-state index contributed by atoms with van der Waals surface area (Å²) in [7, 11) is 0. The van der Waals surface area contributed by atoms with Crippen LogP contribution in [0.25, 0.3) is 0 Å². The molecule has 2 rings (SSSR count). The third-order valence-corrected chi connectivity index (χ3v) is 3.13. The number of aryl methyl sites for hydroxylation is 1. The molecule has 0 aliphatic heterocycles. The zero-order valence-electron chi connectivity index (χ0n) is 9.45. The van der Waals surface area contributed by atoms with Gasteiger partial charge in [0.25, 0.3) is 0 Å². The van der Waals surface area contributed by atoms with E-state index >= 15 is 0 Å². The summed E-state index contributed by atoms with van der Waals surface area (Å²) in [5, 5.41) is 0.103. The highest BCUT2D eigenvalue weighted by molar-refractivity contribution is 6.30. The number of rotatable bonds is 2. The minimum atomic E-state index is -0.491. The van der Waals surface area contributed by atoms with Crippen molar-refractivity contribution in [2.24, 2.45) is 5.73 Å². The molecule has 17 heavy (non-hydrogen) atoms. The maximum absolute atomic E-state index is 13.9. The number of benzene rings is 2. The van der Waals surface area contributed by atoms with Gasteiger partial charge in [-0.2, -0.15) is 0 Å². The van der Waals surface area contributed by atoms with E-state index in [1.54, 1.807) is 12.1 Å². The van der Waals surface area contributed by atoms with Crippen LogP contribution in [0.4, 0.5) is 4.39 Å². The highest BCUT2D eigenvalue weighted by atomic mass is 35.5. The maximum atomic E-state index is 13.9. The quantitative estimate of drug-likeness (QED) is 0.860. The van der Waals surface area contributed by atoms with E-state index in [4.69, 9.17) is 17.3 Å². The van der Waals surface area contributed by atoms with Crippen LogP contribution >= 0.6 is 11.6 Å². The predicted octanol–water partition coefficient (Wildman–Crippen LogP) is 3.84. The fourth-order valence-electron chi connectivity index (χ4n) is 1.86. The van der Waals surface area contributed by atoms with Crippen molar-refractivity contribution in [3.8, 4) is 0 Å². The molecule has 2 aromatic carbocycles. The molecule has 0 aromatic heterocycles. The van der Waals surface area contributed by atoms with Gasteiger partial charge in [0.2, 0.25) is 0 Å². The lowest BCUT2D eigenvalue weighted by molar-refractivity contribution is 0.599. The van der Waals surface area contributed by atoms with E-state index in [1.165, 1.54) is 6.07 Å². The summed E-state index contributed by atoms with van der Waals surface area (Å²) in [6.07, 6.45) is 0. The molecule has 88 valence electrons. The highest BCUT2D eigenvalue weighted by Gasteiger charge is 2.16. The largest absolute Gasteiger partial charge is 0.320 e. The Balaban J connectivity index is 2.48. The summed E-state index contributed by atoms with van der Waals surface area (Å²) >= 11 is 5.75. The van der Waals surface area contributed by atoms with Crippen molar-refractivity contribution in [3.05, 3.63) is 70.0 Å². The van der Waals surface area contributed by atoms with E-state index in [1.807, 2.05) is 31.2 Å². The SMILES string of the molecule is Cc1ccccc1C(N)c1cccc(Cl)c1F. The van der Waals surface area contributed by atoms with Crippen LogP contribution in [0.5, 0.6) is 0 Å². The number of nitrogens with two attached hydrogens (primary N) is 1. The maximum Gasteiger partial charge on any atom is 0.146 e. The second kappa shape index (κ2) is 4.86. The molecule has 0 saturated heterocycles. The van der Waals surface area contributed by atoms with Crippen LogP contribution in [0, 0.1) is 12.7 Å². The smallest absolute Gasteiger partial charge is 0.146 e. The molecule has 0 saturated carbocycles. The van der Waals surface area contributed by atoms with Gasteiger partial charge < -0.3 is 5.73 Å². The van der Waals surface area contributed by atoms with E-state index in [9.17, 15) is 4.39 Å². The van der Waals surface area contributed by atoms with Crippen molar-refractivity contribution in [3.63, 3.8) is 0 Å². The molecule has 0 aliphatic carbocycles. The van der Waals surface area contributed by atoms with Crippen molar-refractivity contribution < 1.29 is 4.39 Å². The lowest BCUT2D eigenvalue weighted by Gasteiger charge is -2.16. The van der Waals surface area contributed by atoms with Crippen molar-refractivity contribution in [2.75, 3.05) is 0 Å². The molecule has 0 radical (unpaired) electrons. The van der Waals surface area contributed by atoms with Gasteiger partial charge in [0, 0.05) is 5.56 Å². The van der Waals surface area contributed by atoms with E-state index < -0.39 is 11.9 Å². The van der Waals surface area contributed by atoms with Gasteiger partial charge in [0.05, 0.1) is 11.1 Å². The standard InChI is InChI=1S/C14H13ClFN/c1-9-5-2-3-6-10(9)14(17)11-7-4-8-12(15)13(11)16/h2-8,14H,17H2,1H3. The average molecular weight is 250 g/mol. The monoisotopic (exact) mass is 249 g/mol. The number of halogens is 2. The summed E-state index contributed by atoms with van der Waals surface area (Å²) in [5.74, 6) is -0.440. The molecule has 2 aromatic rings. The van der Waals surface area contributed by atoms with Gasteiger partial charge in [-0.1, -0.05) is 48.0 Å². The van der Waals surface area contributed by atoms with E-state index in [0.29, 0.717) is 5.56 Å². The van der Waals surface area contributed by atoms with E-state index in [-0.39, 0.29) is 5.02 Å². The van der Waals surface area contributed by atoms with Crippen LogP contribution in [0.15, 0.2) is 42.5 Å². The van der Waals surface area contributed by atoms with E-state index in [0.717, 1.165) is 11.1 Å². The fraction of sp³-hybridized carbons (Fsp3) is 0.143. The van der Waals surface area contributed by atoms with Gasteiger partial charge in [-0.05, 0) is 24.1 Å². The van der Waals surface area contributed by atoms with Crippen LogP contribution in [0.3, 0.4) is 0 Å². The molecule has 1 atom stereocenters. The third-order valence-electron chi connectivity index (χ3n) is 2.84. The van der Waals surface area contributed by atoms with Crippen molar-refractivity contribution >= 4 is 11.6 Å². The van der Waals surface area contributed by atoms with E-state index in [2.05, 4.69) is 0 Å². The Morgan fingerprint density at radius 1 is 1.06 bits per heavy atom. The molecule has 3 heteroatoms. The Morgan fingerprint density at radius 2 is 1.71 bits per heavy atom. The first kappa shape index (κ1) is 12.1. The molecule has 2 N–H and O–H groups in total. The second-order valence-electron chi connectivity index (χ2n) is 3.98. The van der Waals surface area contributed by atoms with Gasteiger partial charge in [0.1, 0.15) is 5.82 Å². The third kappa shape index (κ3) is 2.33. The lowest BCUT2D eigenvalue weighted by atomic mass is 9.95. The minimum absolute atomic E-state index is 0.103. The minimum Gasteiger partial charge on any atom is -0.320 e. The highest BCUT2D eigenvalue weighted by Crippen LogP contribution is 2.27. The zero-order chi connectivity index (χ0) is 12.4. The molecule has 0 heterocycles. The predicted molar refractivity (Wildman–Crippen MR) is 68.6 cm³/mol. The average Bonchev–Trinajstić information content (AvgIpc) is 2.32. The summed E-state index contributed by atoms with van der Waals surface area (Å²) in [5.41, 5.74) is 8.46. The first-order chi connectivity index (χ1) is 8.11. The summed E-state index contributed by atoms with van der Waals surface area (Å²) in [4.78, 5) is 0. The Bertz CT molecular complexity index is 539. The summed E-state index contributed by atoms with van der Waals surface area (Å²) in [6, 6.07) is 12.1. The molecule has 0 spiro atoms. The molecule has 0 amide bonds. The molecule has 0 fully saturated rings. The van der Waals surface area contributed by atoms with Crippen LogP contribution < -0.4 is 5.73 Å². The van der Waals surface area contributed by atoms with Crippen LogP contribution in [0.1, 0.15) is 22.7 Å². The Kier molecular flexibility index (Phi) is 3.46. The molecular weight excluding hydrogens is 237 g/mol. The number of hydrogen-bond donors (Lipinski definition) is 1. The Morgan fingerprint density at radius 3 is 2.41 bits per heavy atom. The molecule has 0 bridgehead atoms. The van der Waals surface area contributed by atoms with Crippen molar-refractivity contribution in [2.45, 2.75) is 13.0 Å². The van der Waals surface area contributed by atoms with Gasteiger partial charge in [-0.15, -0.1) is 0 Å². The molecule has 0 aliphatic rings. The first-order valence-electron chi connectivity index (χ1n) is 5.36. The zero-order valence-corrected chi connectivity index (χ0v) is 10.2. The normalized spacial score (nSPS) is 12.5. The van der Waals surface area contributed by atoms with Crippen molar-refractivity contribution in [1.82, 2.24) is 0 Å². The summed E-state index contributed by atoms with van der Waals surface area (Å²) < 4.78 is 13.9. The number of hydrogen-bond acceptors (Lipinski definition) is 1. The van der Waals surface area contributed by atoms with Crippen LogP contribution in [-0.4, -0.2) is 0 Å². The van der Waals surface area contributed by atoms with Gasteiger partial charge in [-0.3, -0.25) is 0 Å². The van der Waals surface area contributed by atoms with Gasteiger partial charge in [-0.25, -0.2) is 4.39 Å². The lowest BCUT2D eigenvalue weighted by Crippen LogP contribution is -2.15. The van der Waals surface area contributed by atoms with Gasteiger partial charge >= 0.3 is 0 Å². The fourth-order valence-corrected chi connectivity index (χ4v) is 2.05. The second-order valence-corrected chi connectivity index (χ2v) is 4.38. The topological polar surface area (TPSA) is 26.0 Å². The molecule has 1 unspecified atom stereocenters. The van der Waals surface area contributed by atoms with Crippen LogP contribution in [-0.2, 0) is 0 Å². The molecule has 1 nitrogen and oxygen atoms in total. The first-order valence-corrected chi connectivity index (χ1v) is 5.74. The van der Waals surface area contributed by atoms with Gasteiger partial charge in [0.15, 0.2) is 0 Å². The Hall–Kier alpha value is -1.38. The summed E-state index contributed by atoms with van der Waals surface area (Å²) in [6.45, 7) is 1.96.